The van der Waals surface area contributed by atoms with Crippen molar-refractivity contribution in [3.8, 4) is 0 Å². The number of likely N-dealkylation sites (N-methyl/N-ethyl adjacent to an activating group) is 1. The van der Waals surface area contributed by atoms with Crippen LogP contribution in [0.15, 0.2) is 0 Å². The van der Waals surface area contributed by atoms with E-state index in [-0.39, 0.29) is 13.1 Å². The number of alkyl halides is 3. The molecule has 1 amide bonds. The maximum absolute atomic E-state index is 12.7. The van der Waals surface area contributed by atoms with E-state index < -0.39 is 17.6 Å². The van der Waals surface area contributed by atoms with Gasteiger partial charge in [-0.3, -0.25) is 4.79 Å². The van der Waals surface area contributed by atoms with Crippen molar-refractivity contribution < 1.29 is 18.0 Å². The Bertz CT molecular complexity index is 277. The SMILES string of the molecule is CCN(CCCN(C)C)C(=O)C(C)(N)C(F)(F)F. The van der Waals surface area contributed by atoms with Gasteiger partial charge in [-0.05, 0) is 40.9 Å². The molecule has 0 aromatic rings. The highest BCUT2D eigenvalue weighted by atomic mass is 19.4. The van der Waals surface area contributed by atoms with Crippen LogP contribution in [0.1, 0.15) is 20.3 Å². The van der Waals surface area contributed by atoms with Crippen molar-refractivity contribution in [1.29, 1.82) is 0 Å². The van der Waals surface area contributed by atoms with Gasteiger partial charge in [0.25, 0.3) is 5.91 Å². The van der Waals surface area contributed by atoms with Gasteiger partial charge in [-0.1, -0.05) is 0 Å². The lowest BCUT2D eigenvalue weighted by atomic mass is 10.0. The molecule has 18 heavy (non-hydrogen) atoms. The summed E-state index contributed by atoms with van der Waals surface area (Å²) >= 11 is 0. The van der Waals surface area contributed by atoms with Gasteiger partial charge in [0.1, 0.15) is 0 Å². The van der Waals surface area contributed by atoms with E-state index in [1.54, 1.807) is 6.92 Å². The highest BCUT2D eigenvalue weighted by Gasteiger charge is 2.55. The standard InChI is InChI=1S/C11H22F3N3O/c1-5-17(8-6-7-16(3)4)9(18)10(2,15)11(12,13)14/h5-8,15H2,1-4H3. The number of hydrogen-bond donors (Lipinski definition) is 1. The van der Waals surface area contributed by atoms with Crippen LogP contribution in [0.25, 0.3) is 0 Å². The number of carbonyl (C=O) groups is 1. The zero-order chi connectivity index (χ0) is 14.6. The van der Waals surface area contributed by atoms with E-state index in [1.165, 1.54) is 0 Å². The van der Waals surface area contributed by atoms with Crippen molar-refractivity contribution in [2.75, 3.05) is 33.7 Å². The van der Waals surface area contributed by atoms with Crippen molar-refractivity contribution in [3.05, 3.63) is 0 Å². The quantitative estimate of drug-likeness (QED) is 0.784. The fourth-order valence-electron chi connectivity index (χ4n) is 1.43. The van der Waals surface area contributed by atoms with Crippen LogP contribution in [0.4, 0.5) is 13.2 Å². The fraction of sp³-hybridized carbons (Fsp3) is 0.909. The Labute approximate surface area is 106 Å². The number of carbonyl (C=O) groups excluding carboxylic acids is 1. The number of nitrogens with two attached hydrogens (primary N) is 1. The van der Waals surface area contributed by atoms with Crippen molar-refractivity contribution in [2.45, 2.75) is 32.0 Å². The van der Waals surface area contributed by atoms with E-state index in [9.17, 15) is 18.0 Å². The predicted molar refractivity (Wildman–Crippen MR) is 64.1 cm³/mol. The number of nitrogens with zero attached hydrogens (tertiary/aromatic N) is 2. The highest BCUT2D eigenvalue weighted by Crippen LogP contribution is 2.29. The monoisotopic (exact) mass is 269 g/mol. The molecule has 2 N–H and O–H groups in total. The summed E-state index contributed by atoms with van der Waals surface area (Å²) in [5.74, 6) is -1.07. The molecule has 0 aliphatic carbocycles. The van der Waals surface area contributed by atoms with Crippen molar-refractivity contribution in [1.82, 2.24) is 9.80 Å². The Hall–Kier alpha value is -0.820. The molecule has 0 saturated heterocycles. The molecule has 7 heteroatoms. The van der Waals surface area contributed by atoms with Crippen molar-refractivity contribution >= 4 is 5.91 Å². The first-order chi connectivity index (χ1) is 8.04. The summed E-state index contributed by atoms with van der Waals surface area (Å²) in [5.41, 5.74) is 2.30. The highest BCUT2D eigenvalue weighted by molar-refractivity contribution is 5.86. The van der Waals surface area contributed by atoms with Crippen LogP contribution >= 0.6 is 0 Å². The van der Waals surface area contributed by atoms with Gasteiger partial charge < -0.3 is 15.5 Å². The van der Waals surface area contributed by atoms with Gasteiger partial charge in [-0.25, -0.2) is 0 Å². The molecule has 0 aliphatic rings. The summed E-state index contributed by atoms with van der Waals surface area (Å²) in [6.45, 7) is 3.55. The van der Waals surface area contributed by atoms with Crippen LogP contribution in [0.3, 0.4) is 0 Å². The minimum Gasteiger partial charge on any atom is -0.341 e. The van der Waals surface area contributed by atoms with Crippen LogP contribution in [0.2, 0.25) is 0 Å². The van der Waals surface area contributed by atoms with E-state index in [2.05, 4.69) is 0 Å². The number of amides is 1. The summed E-state index contributed by atoms with van der Waals surface area (Å²) in [6.07, 6.45) is -4.13. The number of rotatable bonds is 6. The molecule has 0 aromatic heterocycles. The molecule has 4 nitrogen and oxygen atoms in total. The van der Waals surface area contributed by atoms with Crippen LogP contribution in [0.5, 0.6) is 0 Å². The molecular formula is C11H22F3N3O. The van der Waals surface area contributed by atoms with Crippen molar-refractivity contribution in [2.24, 2.45) is 5.73 Å². The van der Waals surface area contributed by atoms with Gasteiger partial charge in [-0.15, -0.1) is 0 Å². The largest absolute Gasteiger partial charge is 0.415 e. The molecule has 108 valence electrons. The van der Waals surface area contributed by atoms with Crippen LogP contribution in [0, 0.1) is 0 Å². The van der Waals surface area contributed by atoms with Gasteiger partial charge in [-0.2, -0.15) is 13.2 Å². The molecule has 0 radical (unpaired) electrons. The first kappa shape index (κ1) is 17.2. The summed E-state index contributed by atoms with van der Waals surface area (Å²) in [5, 5.41) is 0. The van der Waals surface area contributed by atoms with Crippen molar-refractivity contribution in [3.63, 3.8) is 0 Å². The van der Waals surface area contributed by atoms with Gasteiger partial charge >= 0.3 is 6.18 Å². The molecule has 0 aromatic carbocycles. The zero-order valence-corrected chi connectivity index (χ0v) is 11.3. The van der Waals surface area contributed by atoms with E-state index in [0.29, 0.717) is 19.9 Å². The topological polar surface area (TPSA) is 49.6 Å². The average Bonchev–Trinajstić information content (AvgIpc) is 2.21. The third kappa shape index (κ3) is 4.45. The smallest absolute Gasteiger partial charge is 0.341 e. The normalized spacial score (nSPS) is 15.6. The molecule has 0 rings (SSSR count). The Balaban J connectivity index is 4.62. The van der Waals surface area contributed by atoms with Gasteiger partial charge in [0.15, 0.2) is 5.54 Å². The Morgan fingerprint density at radius 1 is 1.22 bits per heavy atom. The second-order valence-corrected chi connectivity index (χ2v) is 4.74. The molecule has 1 unspecified atom stereocenters. The lowest BCUT2D eigenvalue weighted by Crippen LogP contribution is -2.62. The van der Waals surface area contributed by atoms with E-state index in [1.807, 2.05) is 19.0 Å². The van der Waals surface area contributed by atoms with Crippen LogP contribution in [-0.2, 0) is 4.79 Å². The van der Waals surface area contributed by atoms with Gasteiger partial charge in [0.05, 0.1) is 0 Å². The number of halogens is 3. The maximum Gasteiger partial charge on any atom is 0.415 e. The zero-order valence-electron chi connectivity index (χ0n) is 11.3. The van der Waals surface area contributed by atoms with Crippen LogP contribution in [-0.4, -0.2) is 61.2 Å². The average molecular weight is 269 g/mol. The maximum atomic E-state index is 12.7. The predicted octanol–water partition coefficient (Wildman–Crippen LogP) is 1.07. The second-order valence-electron chi connectivity index (χ2n) is 4.74. The van der Waals surface area contributed by atoms with Gasteiger partial charge in [0.2, 0.25) is 0 Å². The summed E-state index contributed by atoms with van der Waals surface area (Å²) < 4.78 is 38.0. The van der Waals surface area contributed by atoms with Gasteiger partial charge in [0, 0.05) is 13.1 Å². The van der Waals surface area contributed by atoms with E-state index in [4.69, 9.17) is 5.73 Å². The Morgan fingerprint density at radius 2 is 1.72 bits per heavy atom. The molecule has 0 aliphatic heterocycles. The summed E-state index contributed by atoms with van der Waals surface area (Å²) in [6, 6.07) is 0. The second kappa shape index (κ2) is 6.38. The third-order valence-electron chi connectivity index (χ3n) is 2.74. The Morgan fingerprint density at radius 3 is 2.06 bits per heavy atom. The Kier molecular flexibility index (Phi) is 6.09. The molecule has 0 bridgehead atoms. The van der Waals surface area contributed by atoms with E-state index >= 15 is 0 Å². The van der Waals surface area contributed by atoms with E-state index in [0.717, 1.165) is 4.90 Å². The molecule has 0 heterocycles. The molecule has 1 atom stereocenters. The summed E-state index contributed by atoms with van der Waals surface area (Å²) in [4.78, 5) is 14.8. The minimum atomic E-state index is -4.74. The molecular weight excluding hydrogens is 247 g/mol. The lowest BCUT2D eigenvalue weighted by Gasteiger charge is -2.32. The summed E-state index contributed by atoms with van der Waals surface area (Å²) in [7, 11) is 3.72. The first-order valence-corrected chi connectivity index (χ1v) is 5.83. The molecule has 0 spiro atoms. The molecule has 0 fully saturated rings. The fourth-order valence-corrected chi connectivity index (χ4v) is 1.43. The minimum absolute atomic E-state index is 0.217. The molecule has 0 saturated carbocycles. The van der Waals surface area contributed by atoms with Crippen LogP contribution < -0.4 is 5.73 Å². The number of hydrogen-bond acceptors (Lipinski definition) is 3. The third-order valence-corrected chi connectivity index (χ3v) is 2.74. The lowest BCUT2D eigenvalue weighted by molar-refractivity contribution is -0.193. The first-order valence-electron chi connectivity index (χ1n) is 5.83.